The molecule has 0 radical (unpaired) electrons. The maximum atomic E-state index is 13.4. The Morgan fingerprint density at radius 2 is 1.76 bits per heavy atom. The lowest BCUT2D eigenvalue weighted by atomic mass is 9.95. The Labute approximate surface area is 156 Å². The summed E-state index contributed by atoms with van der Waals surface area (Å²) >= 11 is 11.7. The van der Waals surface area contributed by atoms with E-state index in [4.69, 9.17) is 23.2 Å². The second-order valence-electron chi connectivity index (χ2n) is 6.32. The minimum absolute atomic E-state index is 0.0662. The first-order valence-corrected chi connectivity index (χ1v) is 8.99. The zero-order valence-electron chi connectivity index (χ0n) is 13.6. The van der Waals surface area contributed by atoms with Gasteiger partial charge < -0.3 is 5.32 Å². The van der Waals surface area contributed by atoms with Crippen molar-refractivity contribution in [3.8, 4) is 0 Å². The van der Waals surface area contributed by atoms with Crippen molar-refractivity contribution in [3.05, 3.63) is 63.9 Å². The highest BCUT2D eigenvalue weighted by Crippen LogP contribution is 2.23. The Balaban J connectivity index is 1.51. The molecule has 0 aromatic heterocycles. The smallest absolute Gasteiger partial charge is 0.227 e. The lowest BCUT2D eigenvalue weighted by Gasteiger charge is -2.31. The number of carbonyl (C=O) groups is 1. The maximum Gasteiger partial charge on any atom is 0.227 e. The molecule has 0 bridgehead atoms. The molecule has 1 saturated heterocycles. The molecule has 2 aromatic rings. The molecule has 1 aliphatic rings. The highest BCUT2D eigenvalue weighted by atomic mass is 35.5. The summed E-state index contributed by atoms with van der Waals surface area (Å²) in [6.07, 6.45) is 1.56. The molecule has 0 unspecified atom stereocenters. The fourth-order valence-corrected chi connectivity index (χ4v) is 3.42. The predicted octanol–water partition coefficient (Wildman–Crippen LogP) is 4.98. The number of anilines is 1. The van der Waals surface area contributed by atoms with Crippen LogP contribution in [0.25, 0.3) is 0 Å². The van der Waals surface area contributed by atoms with Gasteiger partial charge in [-0.15, -0.1) is 0 Å². The van der Waals surface area contributed by atoms with Gasteiger partial charge >= 0.3 is 0 Å². The number of carbonyl (C=O) groups excluding carboxylic acids is 1. The number of piperidine rings is 1. The molecule has 1 amide bonds. The number of likely N-dealkylation sites (tertiary alicyclic amines) is 1. The van der Waals surface area contributed by atoms with Crippen molar-refractivity contribution in [1.29, 1.82) is 0 Å². The molecule has 132 valence electrons. The van der Waals surface area contributed by atoms with Gasteiger partial charge in [0, 0.05) is 28.2 Å². The van der Waals surface area contributed by atoms with Crippen molar-refractivity contribution in [2.75, 3.05) is 18.4 Å². The summed E-state index contributed by atoms with van der Waals surface area (Å²) in [6.45, 7) is 2.56. The van der Waals surface area contributed by atoms with Crippen molar-refractivity contribution in [3.63, 3.8) is 0 Å². The molecule has 6 heteroatoms. The largest absolute Gasteiger partial charge is 0.326 e. The van der Waals surface area contributed by atoms with Gasteiger partial charge in [-0.2, -0.15) is 0 Å². The fraction of sp³-hybridized carbons (Fsp3) is 0.316. The lowest BCUT2D eigenvalue weighted by Crippen LogP contribution is -2.37. The Bertz CT molecular complexity index is 723. The summed E-state index contributed by atoms with van der Waals surface area (Å²) in [5, 5.41) is 3.77. The zero-order valence-corrected chi connectivity index (χ0v) is 15.2. The highest BCUT2D eigenvalue weighted by molar-refractivity contribution is 6.31. The van der Waals surface area contributed by atoms with Gasteiger partial charge in [-0.05, 0) is 61.8 Å². The molecular formula is C19H19Cl2FN2O. The fourth-order valence-electron chi connectivity index (χ4n) is 3.07. The molecule has 0 aliphatic carbocycles. The molecule has 0 saturated carbocycles. The van der Waals surface area contributed by atoms with E-state index in [2.05, 4.69) is 10.2 Å². The molecule has 0 atom stereocenters. The van der Waals surface area contributed by atoms with E-state index >= 15 is 0 Å². The Morgan fingerprint density at radius 1 is 1.08 bits per heavy atom. The van der Waals surface area contributed by atoms with Gasteiger partial charge in [0.25, 0.3) is 0 Å². The predicted molar refractivity (Wildman–Crippen MR) is 99.5 cm³/mol. The second kappa shape index (κ2) is 8.17. The van der Waals surface area contributed by atoms with Gasteiger partial charge in [0.05, 0.1) is 0 Å². The Hall–Kier alpha value is -1.62. The second-order valence-corrected chi connectivity index (χ2v) is 7.20. The normalized spacial score (nSPS) is 16.0. The van der Waals surface area contributed by atoms with Crippen LogP contribution in [0.4, 0.5) is 10.1 Å². The van der Waals surface area contributed by atoms with Gasteiger partial charge in [-0.25, -0.2) is 4.39 Å². The average molecular weight is 381 g/mol. The van der Waals surface area contributed by atoms with Gasteiger partial charge in [-0.1, -0.05) is 35.3 Å². The molecule has 0 spiro atoms. The summed E-state index contributed by atoms with van der Waals surface area (Å²) in [5.41, 5.74) is 1.61. The monoisotopic (exact) mass is 380 g/mol. The molecule has 1 N–H and O–H groups in total. The number of amides is 1. The third-order valence-electron chi connectivity index (χ3n) is 4.41. The van der Waals surface area contributed by atoms with Crippen LogP contribution >= 0.6 is 23.2 Å². The minimum atomic E-state index is -0.458. The van der Waals surface area contributed by atoms with Crippen LogP contribution in [0.3, 0.4) is 0 Å². The topological polar surface area (TPSA) is 32.3 Å². The van der Waals surface area contributed by atoms with Crippen LogP contribution in [0.1, 0.15) is 18.4 Å². The van der Waals surface area contributed by atoms with Gasteiger partial charge in [0.1, 0.15) is 5.82 Å². The number of benzene rings is 2. The number of halogens is 3. The molecule has 1 heterocycles. The summed E-state index contributed by atoms with van der Waals surface area (Å²) in [4.78, 5) is 14.7. The van der Waals surface area contributed by atoms with Crippen LogP contribution in [0, 0.1) is 11.7 Å². The zero-order chi connectivity index (χ0) is 17.8. The van der Waals surface area contributed by atoms with Crippen molar-refractivity contribution >= 4 is 34.8 Å². The van der Waals surface area contributed by atoms with E-state index in [0.29, 0.717) is 5.69 Å². The molecule has 3 rings (SSSR count). The van der Waals surface area contributed by atoms with E-state index in [-0.39, 0.29) is 16.8 Å². The molecule has 2 aromatic carbocycles. The third kappa shape index (κ3) is 5.18. The van der Waals surface area contributed by atoms with E-state index in [1.807, 2.05) is 24.3 Å². The van der Waals surface area contributed by atoms with E-state index in [0.717, 1.165) is 37.5 Å². The molecule has 1 fully saturated rings. The Morgan fingerprint density at radius 3 is 2.40 bits per heavy atom. The highest BCUT2D eigenvalue weighted by Gasteiger charge is 2.25. The summed E-state index contributed by atoms with van der Waals surface area (Å²) in [7, 11) is 0. The van der Waals surface area contributed by atoms with Gasteiger partial charge in [0.15, 0.2) is 0 Å². The van der Waals surface area contributed by atoms with Crippen molar-refractivity contribution < 1.29 is 9.18 Å². The number of hydrogen-bond donors (Lipinski definition) is 1. The lowest BCUT2D eigenvalue weighted by molar-refractivity contribution is -0.121. The van der Waals surface area contributed by atoms with E-state index in [1.165, 1.54) is 17.7 Å². The van der Waals surface area contributed by atoms with Crippen LogP contribution in [0.2, 0.25) is 10.0 Å². The van der Waals surface area contributed by atoms with Gasteiger partial charge in [-0.3, -0.25) is 9.69 Å². The van der Waals surface area contributed by atoms with E-state index in [9.17, 15) is 9.18 Å². The van der Waals surface area contributed by atoms with Crippen LogP contribution in [0.5, 0.6) is 0 Å². The SMILES string of the molecule is O=C(Nc1cc(F)cc(Cl)c1)C1CCN(Cc2ccc(Cl)cc2)CC1. The van der Waals surface area contributed by atoms with Gasteiger partial charge in [0.2, 0.25) is 5.91 Å². The molecule has 3 nitrogen and oxygen atoms in total. The van der Waals surface area contributed by atoms with E-state index in [1.54, 1.807) is 6.07 Å². The van der Waals surface area contributed by atoms with Crippen molar-refractivity contribution in [2.24, 2.45) is 5.92 Å². The summed E-state index contributed by atoms with van der Waals surface area (Å²) in [5.74, 6) is -0.600. The van der Waals surface area contributed by atoms with Crippen molar-refractivity contribution in [1.82, 2.24) is 4.90 Å². The number of nitrogens with zero attached hydrogens (tertiary/aromatic N) is 1. The average Bonchev–Trinajstić information content (AvgIpc) is 2.56. The van der Waals surface area contributed by atoms with Crippen LogP contribution in [0.15, 0.2) is 42.5 Å². The number of rotatable bonds is 4. The minimum Gasteiger partial charge on any atom is -0.326 e. The van der Waals surface area contributed by atoms with E-state index < -0.39 is 5.82 Å². The standard InChI is InChI=1S/C19H19Cl2FN2O/c20-15-3-1-13(2-4-15)12-24-7-5-14(6-8-24)19(25)23-18-10-16(21)9-17(22)11-18/h1-4,9-11,14H,5-8,12H2,(H,23,25). The number of hydrogen-bond acceptors (Lipinski definition) is 2. The van der Waals surface area contributed by atoms with Crippen molar-refractivity contribution in [2.45, 2.75) is 19.4 Å². The molecule has 25 heavy (non-hydrogen) atoms. The molecule has 1 aliphatic heterocycles. The molecular weight excluding hydrogens is 362 g/mol. The van der Waals surface area contributed by atoms with Crippen LogP contribution in [-0.2, 0) is 11.3 Å². The third-order valence-corrected chi connectivity index (χ3v) is 4.88. The Kier molecular flexibility index (Phi) is 5.94. The van der Waals surface area contributed by atoms with Crippen LogP contribution < -0.4 is 5.32 Å². The first-order chi connectivity index (χ1) is 12.0. The van der Waals surface area contributed by atoms with Crippen LogP contribution in [-0.4, -0.2) is 23.9 Å². The number of nitrogens with one attached hydrogen (secondary N) is 1. The summed E-state index contributed by atoms with van der Waals surface area (Å²) in [6, 6.07) is 11.9. The first-order valence-electron chi connectivity index (χ1n) is 8.23. The maximum absolute atomic E-state index is 13.4. The first kappa shape index (κ1) is 18.2. The summed E-state index contributed by atoms with van der Waals surface area (Å²) < 4.78 is 13.4. The quantitative estimate of drug-likeness (QED) is 0.810.